The molecular weight excluding hydrogens is 261 g/mol. The van der Waals surface area contributed by atoms with Gasteiger partial charge in [-0.15, -0.1) is 0 Å². The molecule has 0 heterocycles. The van der Waals surface area contributed by atoms with Gasteiger partial charge < -0.3 is 20.2 Å². The third-order valence-corrected chi connectivity index (χ3v) is 3.29. The predicted molar refractivity (Wildman–Crippen MR) is 65.2 cm³/mol. The van der Waals surface area contributed by atoms with E-state index in [-0.39, 0.29) is 13.0 Å². The van der Waals surface area contributed by atoms with Gasteiger partial charge in [0.2, 0.25) is 5.91 Å². The number of carboxylic acids is 1. The number of hydrogen-bond acceptors (Lipinski definition) is 3. The van der Waals surface area contributed by atoms with Crippen LogP contribution in [0.5, 0.6) is 0 Å². The van der Waals surface area contributed by atoms with Gasteiger partial charge in [0.25, 0.3) is 0 Å². The van der Waals surface area contributed by atoms with Crippen LogP contribution in [0.25, 0.3) is 0 Å². The Morgan fingerprint density at radius 2 is 1.94 bits per heavy atom. The lowest BCUT2D eigenvalue weighted by atomic mass is 10.0. The number of carboxylic acid groups (broad SMARTS) is 1. The van der Waals surface area contributed by atoms with Gasteiger partial charge in [0.1, 0.15) is 0 Å². The molecular formula is C10H20NO6P. The molecule has 0 rings (SSSR count). The lowest BCUT2D eigenvalue weighted by Crippen LogP contribution is -2.34. The number of rotatable bonds is 9. The first-order valence-corrected chi connectivity index (χ1v) is 7.60. The number of aliphatic carboxylic acids is 1. The van der Waals surface area contributed by atoms with Gasteiger partial charge in [-0.2, -0.15) is 0 Å². The standard InChI is InChI=1S/C10H20NO6P/c1-2-3-4-8(7-18(15,16)17)10(14)11-6-5-9(12)13/h8H,2-7H2,1H3,(H,11,14)(H,12,13)(H2,15,16,17). The van der Waals surface area contributed by atoms with Gasteiger partial charge in [-0.1, -0.05) is 19.8 Å². The van der Waals surface area contributed by atoms with E-state index < -0.39 is 31.6 Å². The van der Waals surface area contributed by atoms with Crippen molar-refractivity contribution in [3.8, 4) is 0 Å². The summed E-state index contributed by atoms with van der Waals surface area (Å²) in [5.41, 5.74) is 0. The molecule has 0 aliphatic carbocycles. The van der Waals surface area contributed by atoms with E-state index in [9.17, 15) is 14.2 Å². The van der Waals surface area contributed by atoms with Crippen molar-refractivity contribution >= 4 is 19.5 Å². The van der Waals surface area contributed by atoms with Crippen LogP contribution in [0, 0.1) is 5.92 Å². The molecule has 0 aliphatic rings. The normalized spacial score (nSPS) is 13.1. The molecule has 18 heavy (non-hydrogen) atoms. The highest BCUT2D eigenvalue weighted by Gasteiger charge is 2.26. The van der Waals surface area contributed by atoms with Gasteiger partial charge in [0.15, 0.2) is 0 Å². The second-order valence-electron chi connectivity index (χ2n) is 4.12. The zero-order chi connectivity index (χ0) is 14.2. The number of amides is 1. The van der Waals surface area contributed by atoms with E-state index >= 15 is 0 Å². The molecule has 0 aromatic heterocycles. The predicted octanol–water partition coefficient (Wildman–Crippen LogP) is 0.561. The topological polar surface area (TPSA) is 124 Å². The molecule has 4 N–H and O–H groups in total. The number of unbranched alkanes of at least 4 members (excludes halogenated alkanes) is 1. The van der Waals surface area contributed by atoms with Crippen molar-refractivity contribution in [1.29, 1.82) is 0 Å². The molecule has 0 radical (unpaired) electrons. The fourth-order valence-electron chi connectivity index (χ4n) is 1.48. The van der Waals surface area contributed by atoms with Crippen LogP contribution < -0.4 is 5.32 Å². The third kappa shape index (κ3) is 9.15. The van der Waals surface area contributed by atoms with Crippen LogP contribution in [0.4, 0.5) is 0 Å². The molecule has 8 heteroatoms. The SMILES string of the molecule is CCCCC(CP(=O)(O)O)C(=O)NCCC(=O)O. The summed E-state index contributed by atoms with van der Waals surface area (Å²) in [5.74, 6) is -2.29. The fourth-order valence-corrected chi connectivity index (χ4v) is 2.40. The van der Waals surface area contributed by atoms with E-state index in [2.05, 4.69) is 5.32 Å². The first-order valence-electron chi connectivity index (χ1n) is 5.80. The maximum atomic E-state index is 11.7. The van der Waals surface area contributed by atoms with Gasteiger partial charge in [-0.25, -0.2) is 0 Å². The van der Waals surface area contributed by atoms with Crippen molar-refractivity contribution in [2.75, 3.05) is 12.7 Å². The zero-order valence-corrected chi connectivity index (χ0v) is 11.2. The monoisotopic (exact) mass is 281 g/mol. The Morgan fingerprint density at radius 1 is 1.33 bits per heavy atom. The Hall–Kier alpha value is -0.910. The van der Waals surface area contributed by atoms with E-state index in [1.807, 2.05) is 6.92 Å². The maximum Gasteiger partial charge on any atom is 0.326 e. The molecule has 0 aromatic rings. The summed E-state index contributed by atoms with van der Waals surface area (Å²) in [7, 11) is -4.24. The van der Waals surface area contributed by atoms with Crippen LogP contribution in [0.2, 0.25) is 0 Å². The second kappa shape index (κ2) is 8.24. The Bertz CT molecular complexity index is 326. The summed E-state index contributed by atoms with van der Waals surface area (Å²) in [6, 6.07) is 0. The van der Waals surface area contributed by atoms with Crippen LogP contribution in [0.15, 0.2) is 0 Å². The lowest BCUT2D eigenvalue weighted by Gasteiger charge is -2.16. The summed E-state index contributed by atoms with van der Waals surface area (Å²) < 4.78 is 10.9. The van der Waals surface area contributed by atoms with Crippen molar-refractivity contribution in [2.45, 2.75) is 32.6 Å². The van der Waals surface area contributed by atoms with Crippen LogP contribution in [0.1, 0.15) is 32.6 Å². The minimum Gasteiger partial charge on any atom is -0.481 e. The van der Waals surface area contributed by atoms with E-state index in [1.54, 1.807) is 0 Å². The number of carbonyl (C=O) groups excluding carboxylic acids is 1. The first-order chi connectivity index (χ1) is 8.26. The summed E-state index contributed by atoms with van der Waals surface area (Å²) in [5, 5.41) is 10.8. The Morgan fingerprint density at radius 3 is 2.39 bits per heavy atom. The average Bonchev–Trinajstić information content (AvgIpc) is 2.21. The number of hydrogen-bond donors (Lipinski definition) is 4. The van der Waals surface area contributed by atoms with Crippen molar-refractivity contribution in [2.24, 2.45) is 5.92 Å². The first kappa shape index (κ1) is 17.1. The quantitative estimate of drug-likeness (QED) is 0.458. The average molecular weight is 281 g/mol. The number of carbonyl (C=O) groups is 2. The molecule has 7 nitrogen and oxygen atoms in total. The van der Waals surface area contributed by atoms with E-state index in [0.29, 0.717) is 12.8 Å². The highest BCUT2D eigenvalue weighted by atomic mass is 31.2. The second-order valence-corrected chi connectivity index (χ2v) is 5.82. The summed E-state index contributed by atoms with van der Waals surface area (Å²) in [6.07, 6.45) is 1.20. The molecule has 1 atom stereocenters. The minimum atomic E-state index is -4.24. The smallest absolute Gasteiger partial charge is 0.326 e. The molecule has 0 saturated heterocycles. The fraction of sp³-hybridized carbons (Fsp3) is 0.800. The summed E-state index contributed by atoms with van der Waals surface area (Å²) in [6.45, 7) is 1.88. The van der Waals surface area contributed by atoms with Crippen LogP contribution in [-0.4, -0.2) is 39.5 Å². The van der Waals surface area contributed by atoms with Gasteiger partial charge >= 0.3 is 13.6 Å². The summed E-state index contributed by atoms with van der Waals surface area (Å²) in [4.78, 5) is 39.7. The Balaban J connectivity index is 4.31. The minimum absolute atomic E-state index is 0.0298. The maximum absolute atomic E-state index is 11.7. The van der Waals surface area contributed by atoms with Crippen LogP contribution in [0.3, 0.4) is 0 Å². The van der Waals surface area contributed by atoms with Crippen molar-refractivity contribution in [1.82, 2.24) is 5.32 Å². The number of nitrogens with one attached hydrogen (secondary N) is 1. The van der Waals surface area contributed by atoms with Crippen molar-refractivity contribution in [3.63, 3.8) is 0 Å². The largest absolute Gasteiger partial charge is 0.481 e. The van der Waals surface area contributed by atoms with E-state index in [4.69, 9.17) is 14.9 Å². The zero-order valence-electron chi connectivity index (χ0n) is 10.3. The Kier molecular flexibility index (Phi) is 7.82. The van der Waals surface area contributed by atoms with Gasteiger partial charge in [-0.05, 0) is 6.42 Å². The van der Waals surface area contributed by atoms with Gasteiger partial charge in [0.05, 0.1) is 12.6 Å². The highest BCUT2D eigenvalue weighted by Crippen LogP contribution is 2.38. The van der Waals surface area contributed by atoms with Gasteiger partial charge in [-0.3, -0.25) is 14.2 Å². The van der Waals surface area contributed by atoms with Gasteiger partial charge in [0, 0.05) is 12.5 Å². The Labute approximate surface area is 106 Å². The molecule has 0 aromatic carbocycles. The molecule has 0 aliphatic heterocycles. The molecule has 0 saturated carbocycles. The molecule has 106 valence electrons. The molecule has 0 fully saturated rings. The molecule has 0 spiro atoms. The summed E-state index contributed by atoms with van der Waals surface area (Å²) >= 11 is 0. The lowest BCUT2D eigenvalue weighted by molar-refractivity contribution is -0.137. The van der Waals surface area contributed by atoms with Crippen LogP contribution in [-0.2, 0) is 14.2 Å². The molecule has 1 unspecified atom stereocenters. The molecule has 1 amide bonds. The van der Waals surface area contributed by atoms with Crippen molar-refractivity contribution in [3.05, 3.63) is 0 Å². The van der Waals surface area contributed by atoms with E-state index in [0.717, 1.165) is 6.42 Å². The molecule has 0 bridgehead atoms. The van der Waals surface area contributed by atoms with Crippen LogP contribution >= 0.6 is 7.60 Å². The van der Waals surface area contributed by atoms with Crippen molar-refractivity contribution < 1.29 is 29.0 Å². The van der Waals surface area contributed by atoms with E-state index in [1.165, 1.54) is 0 Å². The third-order valence-electron chi connectivity index (χ3n) is 2.37. The highest BCUT2D eigenvalue weighted by molar-refractivity contribution is 7.51.